The van der Waals surface area contributed by atoms with E-state index in [1.165, 1.54) is 5.56 Å². The predicted molar refractivity (Wildman–Crippen MR) is 109 cm³/mol. The number of fused-ring (bicyclic) bond motifs is 1. The van der Waals surface area contributed by atoms with E-state index >= 15 is 0 Å². The van der Waals surface area contributed by atoms with E-state index in [2.05, 4.69) is 44.6 Å². The molecule has 0 N–H and O–H groups in total. The molecule has 1 amide bonds. The highest BCUT2D eigenvalue weighted by atomic mass is 127. The molecule has 0 aliphatic carbocycles. The maximum atomic E-state index is 13.0. The Morgan fingerprint density at radius 3 is 2.67 bits per heavy atom. The molecule has 0 radical (unpaired) electrons. The molecule has 1 heterocycles. The lowest BCUT2D eigenvalue weighted by Crippen LogP contribution is -2.41. The van der Waals surface area contributed by atoms with E-state index in [-0.39, 0.29) is 11.8 Å². The first-order valence-electron chi connectivity index (χ1n) is 7.91. The number of rotatable bonds is 5. The van der Waals surface area contributed by atoms with Crippen LogP contribution in [0.4, 0.5) is 5.69 Å². The third-order valence-electron chi connectivity index (χ3n) is 4.37. The fourth-order valence-corrected chi connectivity index (χ4v) is 4.27. The first kappa shape index (κ1) is 17.7. The number of benzene rings is 2. The normalized spacial score (nSPS) is 16.9. The molecule has 0 bridgehead atoms. The molecule has 2 aromatic carbocycles. The Balaban J connectivity index is 1.92. The molecule has 1 aliphatic heterocycles. The maximum Gasteiger partial charge on any atom is 0.230 e. The van der Waals surface area contributed by atoms with Crippen LogP contribution in [0, 0.1) is 5.92 Å². The zero-order valence-corrected chi connectivity index (χ0v) is 17.2. The van der Waals surface area contributed by atoms with E-state index < -0.39 is 0 Å². The number of halogens is 2. The smallest absolute Gasteiger partial charge is 0.230 e. The number of alkyl halides is 1. The summed E-state index contributed by atoms with van der Waals surface area (Å²) >= 11 is 5.90. The SMILES string of the molecule is COc1ccc(CN2C(=O)C(CCI)Cc3cc(Br)ccc32)cc1. The molecule has 0 saturated carbocycles. The van der Waals surface area contributed by atoms with Gasteiger partial charge < -0.3 is 9.64 Å². The second kappa shape index (κ2) is 7.87. The molecular weight excluding hydrogens is 481 g/mol. The monoisotopic (exact) mass is 499 g/mol. The summed E-state index contributed by atoms with van der Waals surface area (Å²) in [5, 5.41) is 0. The predicted octanol–water partition coefficient (Wildman–Crippen LogP) is 4.99. The van der Waals surface area contributed by atoms with Crippen LogP contribution in [0.15, 0.2) is 46.9 Å². The summed E-state index contributed by atoms with van der Waals surface area (Å²) in [6, 6.07) is 14.1. The van der Waals surface area contributed by atoms with Gasteiger partial charge in [0.2, 0.25) is 5.91 Å². The Hall–Kier alpha value is -1.08. The van der Waals surface area contributed by atoms with Crippen LogP contribution in [0.1, 0.15) is 17.5 Å². The number of nitrogens with zero attached hydrogens (tertiary/aromatic N) is 1. The number of hydrogen-bond acceptors (Lipinski definition) is 2. The van der Waals surface area contributed by atoms with Gasteiger partial charge in [0.15, 0.2) is 0 Å². The number of carbonyl (C=O) groups excluding carboxylic acids is 1. The molecule has 1 atom stereocenters. The number of methoxy groups -OCH3 is 1. The Kier molecular flexibility index (Phi) is 5.81. The summed E-state index contributed by atoms with van der Waals surface area (Å²) in [4.78, 5) is 14.9. The summed E-state index contributed by atoms with van der Waals surface area (Å²) in [5.41, 5.74) is 3.38. The first-order valence-corrected chi connectivity index (χ1v) is 10.2. The highest BCUT2D eigenvalue weighted by Crippen LogP contribution is 2.35. The molecule has 24 heavy (non-hydrogen) atoms. The lowest BCUT2D eigenvalue weighted by molar-refractivity contribution is -0.123. The van der Waals surface area contributed by atoms with Crippen LogP contribution in [0.25, 0.3) is 0 Å². The Bertz CT molecular complexity index is 733. The molecule has 0 aromatic heterocycles. The number of anilines is 1. The second-order valence-corrected chi connectivity index (χ2v) is 7.92. The van der Waals surface area contributed by atoms with Gasteiger partial charge in [-0.25, -0.2) is 0 Å². The minimum atomic E-state index is 0.0712. The van der Waals surface area contributed by atoms with E-state index in [1.807, 2.05) is 41.3 Å². The average molecular weight is 500 g/mol. The molecule has 1 aliphatic rings. The summed E-state index contributed by atoms with van der Waals surface area (Å²) in [7, 11) is 1.66. The average Bonchev–Trinajstić information content (AvgIpc) is 2.59. The minimum absolute atomic E-state index is 0.0712. The Morgan fingerprint density at radius 2 is 2.00 bits per heavy atom. The molecule has 1 unspecified atom stereocenters. The van der Waals surface area contributed by atoms with Crippen molar-refractivity contribution in [3.63, 3.8) is 0 Å². The van der Waals surface area contributed by atoms with Crippen molar-refractivity contribution in [3.05, 3.63) is 58.1 Å². The van der Waals surface area contributed by atoms with Crippen LogP contribution in [-0.4, -0.2) is 17.4 Å². The Labute approximate surface area is 164 Å². The Morgan fingerprint density at radius 1 is 1.25 bits per heavy atom. The largest absolute Gasteiger partial charge is 0.497 e. The van der Waals surface area contributed by atoms with Crippen molar-refractivity contribution < 1.29 is 9.53 Å². The molecular formula is C19H19BrINO2. The van der Waals surface area contributed by atoms with Crippen LogP contribution >= 0.6 is 38.5 Å². The zero-order chi connectivity index (χ0) is 17.1. The number of hydrogen-bond donors (Lipinski definition) is 0. The van der Waals surface area contributed by atoms with Crippen molar-refractivity contribution in [1.29, 1.82) is 0 Å². The lowest BCUT2D eigenvalue weighted by atomic mass is 9.89. The van der Waals surface area contributed by atoms with Crippen molar-refractivity contribution in [2.45, 2.75) is 19.4 Å². The highest BCUT2D eigenvalue weighted by molar-refractivity contribution is 14.1. The van der Waals surface area contributed by atoms with Crippen LogP contribution in [0.2, 0.25) is 0 Å². The molecule has 0 saturated heterocycles. The topological polar surface area (TPSA) is 29.5 Å². The van der Waals surface area contributed by atoms with E-state index in [9.17, 15) is 4.79 Å². The fourth-order valence-electron chi connectivity index (χ4n) is 3.11. The minimum Gasteiger partial charge on any atom is -0.497 e. The molecule has 126 valence electrons. The van der Waals surface area contributed by atoms with E-state index in [0.29, 0.717) is 6.54 Å². The van der Waals surface area contributed by atoms with Gasteiger partial charge in [-0.2, -0.15) is 0 Å². The van der Waals surface area contributed by atoms with Gasteiger partial charge in [0.1, 0.15) is 5.75 Å². The van der Waals surface area contributed by atoms with Crippen LogP contribution in [-0.2, 0) is 17.8 Å². The highest BCUT2D eigenvalue weighted by Gasteiger charge is 2.32. The van der Waals surface area contributed by atoms with Gasteiger partial charge in [-0.3, -0.25) is 4.79 Å². The van der Waals surface area contributed by atoms with Crippen LogP contribution in [0.3, 0.4) is 0 Å². The lowest BCUT2D eigenvalue weighted by Gasteiger charge is -2.34. The van der Waals surface area contributed by atoms with Crippen LogP contribution < -0.4 is 9.64 Å². The van der Waals surface area contributed by atoms with E-state index in [0.717, 1.165) is 38.7 Å². The molecule has 0 fully saturated rings. The van der Waals surface area contributed by atoms with Crippen LogP contribution in [0.5, 0.6) is 5.75 Å². The summed E-state index contributed by atoms with van der Waals surface area (Å²) < 4.78 is 7.27. The molecule has 3 nitrogen and oxygen atoms in total. The van der Waals surface area contributed by atoms with Gasteiger partial charge in [0.25, 0.3) is 0 Å². The molecule has 0 spiro atoms. The standard InChI is InChI=1S/C19H19BrINO2/c1-24-17-5-2-13(3-6-17)12-22-18-7-4-16(20)11-15(18)10-14(8-9-21)19(22)23/h2-7,11,14H,8-10,12H2,1H3. The van der Waals surface area contributed by atoms with E-state index in [4.69, 9.17) is 4.74 Å². The number of carbonyl (C=O) groups is 1. The summed E-state index contributed by atoms with van der Waals surface area (Å²) in [6.07, 6.45) is 1.75. The van der Waals surface area contributed by atoms with Gasteiger partial charge in [-0.05, 0) is 54.3 Å². The summed E-state index contributed by atoms with van der Waals surface area (Å²) in [5.74, 6) is 1.13. The van der Waals surface area contributed by atoms with Gasteiger partial charge in [0.05, 0.1) is 13.7 Å². The maximum absolute atomic E-state index is 13.0. The number of ether oxygens (including phenoxy) is 1. The first-order chi connectivity index (χ1) is 11.6. The second-order valence-electron chi connectivity index (χ2n) is 5.92. The molecule has 2 aromatic rings. The van der Waals surface area contributed by atoms with Gasteiger partial charge in [-0.1, -0.05) is 50.7 Å². The molecule has 3 rings (SSSR count). The third-order valence-corrected chi connectivity index (χ3v) is 5.49. The van der Waals surface area contributed by atoms with Crippen molar-refractivity contribution >= 4 is 50.1 Å². The fraction of sp³-hybridized carbons (Fsp3) is 0.316. The third kappa shape index (κ3) is 3.77. The zero-order valence-electron chi connectivity index (χ0n) is 13.5. The van der Waals surface area contributed by atoms with E-state index in [1.54, 1.807) is 7.11 Å². The van der Waals surface area contributed by atoms with Gasteiger partial charge in [0, 0.05) is 20.5 Å². The summed E-state index contributed by atoms with van der Waals surface area (Å²) in [6.45, 7) is 0.592. The number of amides is 1. The van der Waals surface area contributed by atoms with Crippen molar-refractivity contribution in [3.8, 4) is 5.75 Å². The van der Waals surface area contributed by atoms with Crippen molar-refractivity contribution in [1.82, 2.24) is 0 Å². The van der Waals surface area contributed by atoms with Gasteiger partial charge >= 0.3 is 0 Å². The van der Waals surface area contributed by atoms with Crippen molar-refractivity contribution in [2.24, 2.45) is 5.92 Å². The quantitative estimate of drug-likeness (QED) is 0.428. The van der Waals surface area contributed by atoms with Gasteiger partial charge in [-0.15, -0.1) is 0 Å². The molecule has 5 heteroatoms. The van der Waals surface area contributed by atoms with Crippen molar-refractivity contribution in [2.75, 3.05) is 16.4 Å².